The first-order valence-corrected chi connectivity index (χ1v) is 9.97. The number of phenolic OH excluding ortho intramolecular Hbond substituents is 1. The maximum atomic E-state index is 13.8. The van der Waals surface area contributed by atoms with E-state index in [4.69, 9.17) is 4.74 Å². The van der Waals surface area contributed by atoms with Crippen LogP contribution in [0, 0.1) is 5.82 Å². The van der Waals surface area contributed by atoms with E-state index in [1.165, 1.54) is 12.3 Å². The van der Waals surface area contributed by atoms with Crippen LogP contribution in [0.3, 0.4) is 0 Å². The maximum Gasteiger partial charge on any atom is 0.299 e. The fourth-order valence-corrected chi connectivity index (χ4v) is 3.66. The molecule has 8 nitrogen and oxygen atoms in total. The molecule has 4 heterocycles. The molecule has 4 aromatic rings. The topological polar surface area (TPSA) is 98.0 Å². The van der Waals surface area contributed by atoms with Crippen LogP contribution in [0.2, 0.25) is 0 Å². The Morgan fingerprint density at radius 3 is 2.74 bits per heavy atom. The van der Waals surface area contributed by atoms with Gasteiger partial charge in [-0.15, -0.1) is 0 Å². The Morgan fingerprint density at radius 1 is 1.16 bits per heavy atom. The fourth-order valence-electron chi connectivity index (χ4n) is 3.66. The second-order valence-electron chi connectivity index (χ2n) is 8.13. The number of nitrogens with one attached hydrogen (secondary N) is 1. The zero-order chi connectivity index (χ0) is 21.6. The average molecular weight is 420 g/mol. The lowest BCUT2D eigenvalue weighted by Crippen LogP contribution is -2.25. The van der Waals surface area contributed by atoms with E-state index in [2.05, 4.69) is 25.3 Å². The normalized spacial score (nSPS) is 14.4. The van der Waals surface area contributed by atoms with Crippen molar-refractivity contribution in [1.29, 1.82) is 0 Å². The van der Waals surface area contributed by atoms with Gasteiger partial charge in [0, 0.05) is 18.3 Å². The Balaban J connectivity index is 1.55. The van der Waals surface area contributed by atoms with Crippen LogP contribution >= 0.6 is 0 Å². The van der Waals surface area contributed by atoms with E-state index in [-0.39, 0.29) is 11.3 Å². The summed E-state index contributed by atoms with van der Waals surface area (Å²) >= 11 is 0. The van der Waals surface area contributed by atoms with Crippen LogP contribution < -0.4 is 10.1 Å². The van der Waals surface area contributed by atoms with Crippen molar-refractivity contribution in [2.24, 2.45) is 0 Å². The van der Waals surface area contributed by atoms with Gasteiger partial charge in [-0.3, -0.25) is 9.55 Å². The smallest absolute Gasteiger partial charge is 0.299 e. The number of nitrogens with zero attached hydrogens (tertiary/aromatic N) is 5. The highest BCUT2D eigenvalue weighted by Crippen LogP contribution is 2.37. The summed E-state index contributed by atoms with van der Waals surface area (Å²) in [5, 5.41) is 12.8. The number of aromatic hydroxyl groups is 1. The number of benzene rings is 1. The predicted molar refractivity (Wildman–Crippen MR) is 114 cm³/mol. The van der Waals surface area contributed by atoms with Crippen molar-refractivity contribution in [2.45, 2.75) is 25.8 Å². The second kappa shape index (κ2) is 7.19. The minimum Gasteiger partial charge on any atom is -0.508 e. The van der Waals surface area contributed by atoms with Crippen LogP contribution in [0.1, 0.15) is 19.4 Å². The number of fused-ring (bicyclic) bond motifs is 3. The quantitative estimate of drug-likeness (QED) is 0.510. The predicted octanol–water partition coefficient (Wildman–Crippen LogP) is 3.52. The van der Waals surface area contributed by atoms with Crippen LogP contribution in [0.5, 0.6) is 11.8 Å². The average Bonchev–Trinajstić information content (AvgIpc) is 3.27. The number of anilines is 1. The van der Waals surface area contributed by atoms with Crippen LogP contribution in [0.15, 0.2) is 42.7 Å². The van der Waals surface area contributed by atoms with E-state index in [9.17, 15) is 9.50 Å². The molecule has 0 unspecified atom stereocenters. The number of imidazole rings is 1. The van der Waals surface area contributed by atoms with Gasteiger partial charge in [-0.2, -0.15) is 4.98 Å². The number of hydrogen-bond donors (Lipinski definition) is 2. The van der Waals surface area contributed by atoms with Crippen molar-refractivity contribution < 1.29 is 14.2 Å². The third-order valence-corrected chi connectivity index (χ3v) is 5.24. The molecular formula is C22H21FN6O2. The Labute approximate surface area is 177 Å². The highest BCUT2D eigenvalue weighted by Gasteiger charge is 2.36. The first-order valence-electron chi connectivity index (χ1n) is 9.97. The largest absolute Gasteiger partial charge is 0.508 e. The Hall–Kier alpha value is -3.75. The summed E-state index contributed by atoms with van der Waals surface area (Å²) in [5.74, 6) is 0.685. The summed E-state index contributed by atoms with van der Waals surface area (Å²) < 4.78 is 21.5. The monoisotopic (exact) mass is 420 g/mol. The standard InChI is InChI=1S/C22H21FN6O2/c1-22(2)12-31-21-26-17-19(25-8-7-13-3-5-16(30)6-4-13)27-18(28-20(17)29(21)22)14-9-15(23)11-24-10-14/h3-6,9-11,30H,7-8,12H2,1-2H3,(H,25,27,28). The van der Waals surface area contributed by atoms with Gasteiger partial charge in [0.1, 0.15) is 18.2 Å². The van der Waals surface area contributed by atoms with Gasteiger partial charge in [0.05, 0.1) is 11.7 Å². The van der Waals surface area contributed by atoms with Gasteiger partial charge in [-0.1, -0.05) is 12.1 Å². The number of hydrogen-bond acceptors (Lipinski definition) is 7. The molecule has 0 saturated heterocycles. The molecule has 1 aromatic carbocycles. The lowest BCUT2D eigenvalue weighted by atomic mass is 10.1. The SMILES string of the molecule is CC1(C)COc2nc3c(NCCc4ccc(O)cc4)nc(-c4cncc(F)c4)nc3n21. The molecule has 0 spiro atoms. The third-order valence-electron chi connectivity index (χ3n) is 5.24. The molecule has 0 aliphatic carbocycles. The molecule has 0 amide bonds. The van der Waals surface area contributed by atoms with Crippen molar-refractivity contribution in [3.8, 4) is 23.1 Å². The highest BCUT2D eigenvalue weighted by molar-refractivity contribution is 5.86. The first-order chi connectivity index (χ1) is 14.9. The first kappa shape index (κ1) is 19.2. The number of rotatable bonds is 5. The van der Waals surface area contributed by atoms with E-state index in [1.54, 1.807) is 12.1 Å². The molecule has 2 N–H and O–H groups in total. The molecule has 9 heteroatoms. The number of phenols is 1. The Bertz CT molecular complexity index is 1270. The van der Waals surface area contributed by atoms with Gasteiger partial charge in [0.2, 0.25) is 0 Å². The number of aromatic nitrogens is 5. The molecule has 0 radical (unpaired) electrons. The molecule has 0 fully saturated rings. The second-order valence-corrected chi connectivity index (χ2v) is 8.13. The van der Waals surface area contributed by atoms with Crippen LogP contribution in [0.4, 0.5) is 10.2 Å². The molecular weight excluding hydrogens is 399 g/mol. The highest BCUT2D eigenvalue weighted by atomic mass is 19.1. The lowest BCUT2D eigenvalue weighted by Gasteiger charge is -2.18. The van der Waals surface area contributed by atoms with Gasteiger partial charge in [0.25, 0.3) is 6.01 Å². The van der Waals surface area contributed by atoms with Crippen LogP contribution in [-0.4, -0.2) is 42.8 Å². The minimum absolute atomic E-state index is 0.234. The van der Waals surface area contributed by atoms with E-state index < -0.39 is 5.82 Å². The van der Waals surface area contributed by atoms with Crippen LogP contribution in [-0.2, 0) is 12.0 Å². The molecule has 1 aliphatic heterocycles. The minimum atomic E-state index is -0.454. The van der Waals surface area contributed by atoms with Gasteiger partial charge >= 0.3 is 0 Å². The van der Waals surface area contributed by atoms with Gasteiger partial charge in [0.15, 0.2) is 22.8 Å². The van der Waals surface area contributed by atoms with E-state index >= 15 is 0 Å². The summed E-state index contributed by atoms with van der Waals surface area (Å²) in [4.78, 5) is 17.8. The van der Waals surface area contributed by atoms with Crippen molar-refractivity contribution in [1.82, 2.24) is 24.5 Å². The number of halogens is 1. The van der Waals surface area contributed by atoms with Gasteiger partial charge in [-0.05, 0) is 44.0 Å². The summed E-state index contributed by atoms with van der Waals surface area (Å²) in [5.41, 5.74) is 2.46. The Morgan fingerprint density at radius 2 is 1.97 bits per heavy atom. The summed E-state index contributed by atoms with van der Waals surface area (Å²) in [6.45, 7) is 5.18. The zero-order valence-electron chi connectivity index (χ0n) is 17.1. The molecule has 1 aliphatic rings. The van der Waals surface area contributed by atoms with Gasteiger partial charge in [-0.25, -0.2) is 14.4 Å². The summed E-state index contributed by atoms with van der Waals surface area (Å²) in [7, 11) is 0. The molecule has 0 atom stereocenters. The molecule has 0 bridgehead atoms. The van der Waals surface area contributed by atoms with Crippen molar-refractivity contribution >= 4 is 17.0 Å². The van der Waals surface area contributed by atoms with Crippen molar-refractivity contribution in [2.75, 3.05) is 18.5 Å². The van der Waals surface area contributed by atoms with Gasteiger partial charge < -0.3 is 15.2 Å². The summed E-state index contributed by atoms with van der Waals surface area (Å²) in [6.07, 6.45) is 3.40. The summed E-state index contributed by atoms with van der Waals surface area (Å²) in [6, 6.07) is 8.91. The van der Waals surface area contributed by atoms with Crippen molar-refractivity contribution in [3.63, 3.8) is 0 Å². The Kier molecular flexibility index (Phi) is 4.46. The van der Waals surface area contributed by atoms with Crippen molar-refractivity contribution in [3.05, 3.63) is 54.1 Å². The van der Waals surface area contributed by atoms with E-state index in [0.717, 1.165) is 18.2 Å². The van der Waals surface area contributed by atoms with E-state index in [0.29, 0.717) is 47.5 Å². The molecule has 0 saturated carbocycles. The van der Waals surface area contributed by atoms with Crippen LogP contribution in [0.25, 0.3) is 22.6 Å². The van der Waals surface area contributed by atoms with E-state index in [1.807, 2.05) is 30.5 Å². The maximum absolute atomic E-state index is 13.8. The zero-order valence-corrected chi connectivity index (χ0v) is 17.1. The molecule has 5 rings (SSSR count). The molecule has 31 heavy (non-hydrogen) atoms. The number of pyridine rings is 1. The third kappa shape index (κ3) is 3.52. The number of ether oxygens (including phenoxy) is 1. The fraction of sp³-hybridized carbons (Fsp3) is 0.273. The lowest BCUT2D eigenvalue weighted by molar-refractivity contribution is 0.268. The molecule has 158 valence electrons. The molecule has 3 aromatic heterocycles.